The van der Waals surface area contributed by atoms with E-state index in [1.54, 1.807) is 10.7 Å². The molecule has 2 N–H and O–H groups in total. The molecule has 5 heteroatoms. The van der Waals surface area contributed by atoms with E-state index in [2.05, 4.69) is 11.2 Å². The van der Waals surface area contributed by atoms with Gasteiger partial charge >= 0.3 is 0 Å². The van der Waals surface area contributed by atoms with Crippen molar-refractivity contribution in [2.45, 2.75) is 0 Å². The Balaban J connectivity index is 2.36. The van der Waals surface area contributed by atoms with Gasteiger partial charge in [-0.1, -0.05) is 23.7 Å². The molecule has 0 aliphatic rings. The number of hydrogen-bond donors (Lipinski definition) is 1. The third kappa shape index (κ3) is 1.83. The molecular formula is C14H9BN4. The number of anilines is 1. The molecule has 0 amide bonds. The maximum Gasteiger partial charge on any atom is 0.115 e. The first-order valence-electron chi connectivity index (χ1n) is 5.72. The summed E-state index contributed by atoms with van der Waals surface area (Å²) >= 11 is 0. The second-order valence-electron chi connectivity index (χ2n) is 4.27. The zero-order valence-corrected chi connectivity index (χ0v) is 10.0. The summed E-state index contributed by atoms with van der Waals surface area (Å²) < 4.78 is 1.62. The van der Waals surface area contributed by atoms with Crippen molar-refractivity contribution >= 4 is 24.5 Å². The number of nitriles is 1. The van der Waals surface area contributed by atoms with E-state index in [1.165, 1.54) is 6.20 Å². The first-order valence-corrected chi connectivity index (χ1v) is 5.72. The van der Waals surface area contributed by atoms with Crippen molar-refractivity contribution in [2.24, 2.45) is 0 Å². The lowest BCUT2D eigenvalue weighted by Crippen LogP contribution is -2.07. The lowest BCUT2D eigenvalue weighted by atomic mass is 9.93. The van der Waals surface area contributed by atoms with E-state index in [1.807, 2.05) is 30.3 Å². The lowest BCUT2D eigenvalue weighted by molar-refractivity contribution is 0.967. The highest BCUT2D eigenvalue weighted by Gasteiger charge is 2.11. The molecular weight excluding hydrogens is 235 g/mol. The SMILES string of the molecule is [B]c1cc(-c2ccc(N)cc2)c2c(C#N)cnn2c1. The van der Waals surface area contributed by atoms with Crippen LogP contribution in [0.1, 0.15) is 5.56 Å². The Morgan fingerprint density at radius 3 is 2.68 bits per heavy atom. The van der Waals surface area contributed by atoms with Gasteiger partial charge in [0.2, 0.25) is 0 Å². The Bertz CT molecular complexity index is 797. The normalized spacial score (nSPS) is 10.5. The van der Waals surface area contributed by atoms with Gasteiger partial charge < -0.3 is 5.73 Å². The van der Waals surface area contributed by atoms with Gasteiger partial charge in [0.15, 0.2) is 0 Å². The molecule has 19 heavy (non-hydrogen) atoms. The van der Waals surface area contributed by atoms with Gasteiger partial charge in [-0.15, -0.1) is 0 Å². The summed E-state index contributed by atoms with van der Waals surface area (Å²) in [4.78, 5) is 0. The molecule has 0 aliphatic carbocycles. The Kier molecular flexibility index (Phi) is 2.50. The van der Waals surface area contributed by atoms with Gasteiger partial charge in [0.1, 0.15) is 13.9 Å². The number of nitrogens with two attached hydrogens (primary N) is 1. The molecule has 2 radical (unpaired) electrons. The minimum Gasteiger partial charge on any atom is -0.399 e. The third-order valence-electron chi connectivity index (χ3n) is 2.98. The topological polar surface area (TPSA) is 67.1 Å². The average Bonchev–Trinajstić information content (AvgIpc) is 2.81. The van der Waals surface area contributed by atoms with Gasteiger partial charge in [-0.25, -0.2) is 4.52 Å². The standard InChI is InChI=1S/C14H9BN4/c15-11-5-13(9-1-3-12(17)4-2-9)14-10(6-16)7-18-19(14)8-11/h1-5,7-8H,17H2. The van der Waals surface area contributed by atoms with Gasteiger partial charge in [-0.2, -0.15) is 10.4 Å². The van der Waals surface area contributed by atoms with Crippen molar-refractivity contribution in [3.05, 3.63) is 48.3 Å². The summed E-state index contributed by atoms with van der Waals surface area (Å²) in [7, 11) is 5.87. The summed E-state index contributed by atoms with van der Waals surface area (Å²) in [6.45, 7) is 0. The van der Waals surface area contributed by atoms with Crippen LogP contribution in [0, 0.1) is 11.3 Å². The predicted octanol–water partition coefficient (Wildman–Crippen LogP) is 1.25. The summed E-state index contributed by atoms with van der Waals surface area (Å²) in [5.74, 6) is 0. The quantitative estimate of drug-likeness (QED) is 0.517. The van der Waals surface area contributed by atoms with Crippen molar-refractivity contribution in [1.29, 1.82) is 5.26 Å². The van der Waals surface area contributed by atoms with Crippen LogP contribution in [-0.2, 0) is 0 Å². The summed E-state index contributed by atoms with van der Waals surface area (Å²) in [5, 5.41) is 13.3. The summed E-state index contributed by atoms with van der Waals surface area (Å²) in [6, 6.07) is 11.4. The van der Waals surface area contributed by atoms with Crippen LogP contribution in [-0.4, -0.2) is 17.5 Å². The van der Waals surface area contributed by atoms with E-state index >= 15 is 0 Å². The second kappa shape index (κ2) is 4.18. The minimum absolute atomic E-state index is 0.520. The van der Waals surface area contributed by atoms with Crippen molar-refractivity contribution in [3.8, 4) is 17.2 Å². The van der Waals surface area contributed by atoms with E-state index in [0.717, 1.165) is 16.6 Å². The number of nitrogen functional groups attached to an aromatic ring is 1. The fourth-order valence-electron chi connectivity index (χ4n) is 2.11. The molecule has 0 fully saturated rings. The van der Waals surface area contributed by atoms with Crippen LogP contribution < -0.4 is 11.2 Å². The largest absolute Gasteiger partial charge is 0.399 e. The maximum absolute atomic E-state index is 9.15. The highest BCUT2D eigenvalue weighted by atomic mass is 15.2. The molecule has 0 unspecified atom stereocenters. The molecule has 0 bridgehead atoms. The molecule has 2 heterocycles. The van der Waals surface area contributed by atoms with Crippen LogP contribution in [0.4, 0.5) is 5.69 Å². The highest BCUT2D eigenvalue weighted by molar-refractivity contribution is 6.32. The van der Waals surface area contributed by atoms with Crippen LogP contribution >= 0.6 is 0 Å². The fraction of sp³-hybridized carbons (Fsp3) is 0. The van der Waals surface area contributed by atoms with E-state index in [0.29, 0.717) is 16.7 Å². The summed E-state index contributed by atoms with van der Waals surface area (Å²) in [5.41, 5.74) is 10.1. The van der Waals surface area contributed by atoms with Crippen LogP contribution in [0.2, 0.25) is 0 Å². The molecule has 2 aromatic heterocycles. The van der Waals surface area contributed by atoms with Gasteiger partial charge in [0.05, 0.1) is 17.3 Å². The van der Waals surface area contributed by atoms with Gasteiger partial charge in [0.25, 0.3) is 0 Å². The molecule has 0 aliphatic heterocycles. The molecule has 1 aromatic carbocycles. The zero-order valence-electron chi connectivity index (χ0n) is 10.0. The molecule has 0 saturated carbocycles. The molecule has 0 spiro atoms. The van der Waals surface area contributed by atoms with Crippen molar-refractivity contribution in [2.75, 3.05) is 5.73 Å². The lowest BCUT2D eigenvalue weighted by Gasteiger charge is -2.07. The maximum atomic E-state index is 9.15. The van der Waals surface area contributed by atoms with Gasteiger partial charge in [0, 0.05) is 17.4 Å². The van der Waals surface area contributed by atoms with Crippen LogP contribution in [0.3, 0.4) is 0 Å². The molecule has 4 nitrogen and oxygen atoms in total. The van der Waals surface area contributed by atoms with Crippen molar-refractivity contribution in [1.82, 2.24) is 9.61 Å². The Labute approximate surface area is 111 Å². The molecule has 3 rings (SSSR count). The van der Waals surface area contributed by atoms with E-state index < -0.39 is 0 Å². The third-order valence-corrected chi connectivity index (χ3v) is 2.98. The summed E-state index contributed by atoms with van der Waals surface area (Å²) in [6.07, 6.45) is 3.23. The van der Waals surface area contributed by atoms with Gasteiger partial charge in [-0.3, -0.25) is 0 Å². The Morgan fingerprint density at radius 2 is 2.00 bits per heavy atom. The molecule has 3 aromatic rings. The Morgan fingerprint density at radius 1 is 1.26 bits per heavy atom. The number of nitrogens with zero attached hydrogens (tertiary/aromatic N) is 3. The van der Waals surface area contributed by atoms with E-state index in [-0.39, 0.29) is 0 Å². The number of rotatable bonds is 1. The van der Waals surface area contributed by atoms with E-state index in [9.17, 15) is 0 Å². The number of pyridine rings is 1. The first-order chi connectivity index (χ1) is 9.19. The van der Waals surface area contributed by atoms with Gasteiger partial charge in [-0.05, 0) is 17.7 Å². The van der Waals surface area contributed by atoms with Crippen molar-refractivity contribution < 1.29 is 0 Å². The average molecular weight is 244 g/mol. The Hall–Kier alpha value is -2.74. The number of hydrogen-bond acceptors (Lipinski definition) is 3. The second-order valence-corrected chi connectivity index (χ2v) is 4.27. The van der Waals surface area contributed by atoms with E-state index in [4.69, 9.17) is 18.8 Å². The van der Waals surface area contributed by atoms with Crippen molar-refractivity contribution in [3.63, 3.8) is 0 Å². The number of fused-ring (bicyclic) bond motifs is 1. The fourth-order valence-corrected chi connectivity index (χ4v) is 2.11. The molecule has 88 valence electrons. The zero-order chi connectivity index (χ0) is 13.4. The highest BCUT2D eigenvalue weighted by Crippen LogP contribution is 2.26. The smallest absolute Gasteiger partial charge is 0.115 e. The minimum atomic E-state index is 0.520. The number of aromatic nitrogens is 2. The van der Waals surface area contributed by atoms with Crippen LogP contribution in [0.5, 0.6) is 0 Å². The predicted molar refractivity (Wildman–Crippen MR) is 75.1 cm³/mol. The van der Waals surface area contributed by atoms with Crippen LogP contribution in [0.15, 0.2) is 42.7 Å². The molecule has 0 atom stereocenters. The number of benzene rings is 1. The first kappa shape index (κ1) is 11.4. The monoisotopic (exact) mass is 244 g/mol. The molecule has 0 saturated heterocycles. The van der Waals surface area contributed by atoms with Crippen LogP contribution in [0.25, 0.3) is 16.6 Å².